The second-order valence-electron chi connectivity index (χ2n) is 7.14. The van der Waals surface area contributed by atoms with Crippen molar-refractivity contribution in [3.05, 3.63) is 71.3 Å². The number of likely N-dealkylation sites (tertiary alicyclic amines) is 1. The molecule has 0 saturated carbocycles. The third kappa shape index (κ3) is 3.29. The number of halogens is 2. The Labute approximate surface area is 145 Å². The molecule has 2 heterocycles. The third-order valence-electron chi connectivity index (χ3n) is 5.09. The number of ether oxygens (including phenoxy) is 1. The maximum atomic E-state index is 13.0. The summed E-state index contributed by atoms with van der Waals surface area (Å²) < 4.78 is 31.9. The number of hydrogen-bond acceptors (Lipinski definition) is 2. The van der Waals surface area contributed by atoms with Gasteiger partial charge in [-0.3, -0.25) is 4.79 Å². The predicted octanol–water partition coefficient (Wildman–Crippen LogP) is 3.44. The highest BCUT2D eigenvalue weighted by molar-refractivity contribution is 5.94. The van der Waals surface area contributed by atoms with Gasteiger partial charge in [0.1, 0.15) is 11.6 Å². The minimum Gasteiger partial charge on any atom is -0.377 e. The Kier molecular flexibility index (Phi) is 4.04. The SMILES string of the molecule is O=C(c1ccc(F)cc1)N1CC2(COC(Cc3ccc(F)cc3)C2)C1. The molecule has 1 spiro atoms. The molecule has 0 aromatic heterocycles. The number of hydrogen-bond donors (Lipinski definition) is 0. The minimum absolute atomic E-state index is 0.0282. The van der Waals surface area contributed by atoms with Crippen molar-refractivity contribution < 1.29 is 18.3 Å². The molecule has 0 bridgehead atoms. The summed E-state index contributed by atoms with van der Waals surface area (Å²) in [7, 11) is 0. The molecule has 2 aromatic rings. The normalized spacial score (nSPS) is 21.4. The standard InChI is InChI=1S/C20H19F2NO2/c21-16-5-1-14(2-6-16)9-18-10-20(13-25-18)11-23(12-20)19(24)15-3-7-17(22)8-4-15/h1-8,18H,9-13H2. The highest BCUT2D eigenvalue weighted by Gasteiger charge is 2.50. The Morgan fingerprint density at radius 2 is 1.64 bits per heavy atom. The fraction of sp³-hybridized carbons (Fsp3) is 0.350. The molecule has 130 valence electrons. The van der Waals surface area contributed by atoms with Gasteiger partial charge in [-0.1, -0.05) is 12.1 Å². The molecule has 2 saturated heterocycles. The van der Waals surface area contributed by atoms with Gasteiger partial charge in [-0.15, -0.1) is 0 Å². The van der Waals surface area contributed by atoms with E-state index in [2.05, 4.69) is 0 Å². The van der Waals surface area contributed by atoms with E-state index < -0.39 is 0 Å². The Morgan fingerprint density at radius 1 is 1.04 bits per heavy atom. The monoisotopic (exact) mass is 343 g/mol. The highest BCUT2D eigenvalue weighted by atomic mass is 19.1. The molecule has 2 fully saturated rings. The van der Waals surface area contributed by atoms with E-state index >= 15 is 0 Å². The lowest BCUT2D eigenvalue weighted by atomic mass is 9.77. The van der Waals surface area contributed by atoms with Crippen LogP contribution in [-0.2, 0) is 11.2 Å². The summed E-state index contributed by atoms with van der Waals surface area (Å²) >= 11 is 0. The average molecular weight is 343 g/mol. The quantitative estimate of drug-likeness (QED) is 0.854. The van der Waals surface area contributed by atoms with Crippen molar-refractivity contribution in [1.82, 2.24) is 4.90 Å². The summed E-state index contributed by atoms with van der Waals surface area (Å²) in [6.45, 7) is 1.98. The topological polar surface area (TPSA) is 29.5 Å². The number of benzene rings is 2. The second kappa shape index (κ2) is 6.23. The number of nitrogens with zero attached hydrogens (tertiary/aromatic N) is 1. The summed E-state index contributed by atoms with van der Waals surface area (Å²) in [6, 6.07) is 12.2. The molecule has 5 heteroatoms. The van der Waals surface area contributed by atoms with Crippen molar-refractivity contribution in [1.29, 1.82) is 0 Å². The summed E-state index contributed by atoms with van der Waals surface area (Å²) in [6.07, 6.45) is 1.76. The zero-order valence-electron chi connectivity index (χ0n) is 13.8. The summed E-state index contributed by atoms with van der Waals surface area (Å²) in [5.74, 6) is -0.640. The number of rotatable bonds is 3. The molecule has 25 heavy (non-hydrogen) atoms. The highest BCUT2D eigenvalue weighted by Crippen LogP contribution is 2.42. The molecule has 1 unspecified atom stereocenters. The van der Waals surface area contributed by atoms with Gasteiger partial charge in [-0.2, -0.15) is 0 Å². The molecule has 4 rings (SSSR count). The van der Waals surface area contributed by atoms with E-state index in [1.807, 2.05) is 0 Å². The molecule has 2 aromatic carbocycles. The van der Waals surface area contributed by atoms with Crippen LogP contribution in [0.4, 0.5) is 8.78 Å². The lowest BCUT2D eigenvalue weighted by Crippen LogP contribution is -2.59. The second-order valence-corrected chi connectivity index (χ2v) is 7.14. The van der Waals surface area contributed by atoms with E-state index in [4.69, 9.17) is 4.74 Å². The fourth-order valence-corrected chi connectivity index (χ4v) is 3.81. The lowest BCUT2D eigenvalue weighted by molar-refractivity contribution is -0.00134. The molecule has 2 aliphatic rings. The van der Waals surface area contributed by atoms with Gasteiger partial charge in [-0.25, -0.2) is 8.78 Å². The van der Waals surface area contributed by atoms with Crippen molar-refractivity contribution >= 4 is 5.91 Å². The Morgan fingerprint density at radius 3 is 2.28 bits per heavy atom. The first-order chi connectivity index (χ1) is 12.0. The van der Waals surface area contributed by atoms with Crippen LogP contribution in [0.5, 0.6) is 0 Å². The van der Waals surface area contributed by atoms with Crippen molar-refractivity contribution in [3.63, 3.8) is 0 Å². The maximum Gasteiger partial charge on any atom is 0.253 e. The number of carbonyl (C=O) groups is 1. The van der Waals surface area contributed by atoms with E-state index in [-0.39, 0.29) is 29.1 Å². The van der Waals surface area contributed by atoms with Crippen molar-refractivity contribution in [2.75, 3.05) is 19.7 Å². The average Bonchev–Trinajstić information content (AvgIpc) is 3.00. The van der Waals surface area contributed by atoms with Crippen LogP contribution >= 0.6 is 0 Å². The molecule has 1 amide bonds. The molecular formula is C20H19F2NO2. The van der Waals surface area contributed by atoms with Crippen molar-refractivity contribution in [2.45, 2.75) is 18.9 Å². The molecule has 0 N–H and O–H groups in total. The van der Waals surface area contributed by atoms with Crippen LogP contribution in [0.1, 0.15) is 22.3 Å². The zero-order chi connectivity index (χ0) is 17.4. The first-order valence-electron chi connectivity index (χ1n) is 8.44. The maximum absolute atomic E-state index is 13.0. The van der Waals surface area contributed by atoms with Crippen molar-refractivity contribution in [3.8, 4) is 0 Å². The Balaban J connectivity index is 1.33. The summed E-state index contributed by atoms with van der Waals surface area (Å²) in [5, 5.41) is 0. The van der Waals surface area contributed by atoms with Gasteiger partial charge in [0.15, 0.2) is 0 Å². The van der Waals surface area contributed by atoms with E-state index in [9.17, 15) is 13.6 Å². The summed E-state index contributed by atoms with van der Waals surface area (Å²) in [4.78, 5) is 14.2. The van der Waals surface area contributed by atoms with Gasteiger partial charge >= 0.3 is 0 Å². The van der Waals surface area contributed by atoms with Crippen LogP contribution in [0, 0.1) is 17.0 Å². The van der Waals surface area contributed by atoms with Crippen LogP contribution in [0.2, 0.25) is 0 Å². The fourth-order valence-electron chi connectivity index (χ4n) is 3.81. The molecule has 3 nitrogen and oxygen atoms in total. The van der Waals surface area contributed by atoms with E-state index in [0.29, 0.717) is 25.3 Å². The smallest absolute Gasteiger partial charge is 0.253 e. The van der Waals surface area contributed by atoms with Crippen LogP contribution in [0.3, 0.4) is 0 Å². The zero-order valence-corrected chi connectivity index (χ0v) is 13.8. The number of amides is 1. The van der Waals surface area contributed by atoms with Crippen LogP contribution < -0.4 is 0 Å². The molecular weight excluding hydrogens is 324 g/mol. The van der Waals surface area contributed by atoms with Crippen LogP contribution in [-0.4, -0.2) is 36.6 Å². The molecule has 2 aliphatic heterocycles. The van der Waals surface area contributed by atoms with Gasteiger partial charge in [0.2, 0.25) is 0 Å². The Bertz CT molecular complexity index is 767. The predicted molar refractivity (Wildman–Crippen MR) is 89.2 cm³/mol. The van der Waals surface area contributed by atoms with Crippen LogP contribution in [0.25, 0.3) is 0 Å². The van der Waals surface area contributed by atoms with Gasteiger partial charge in [0, 0.05) is 24.1 Å². The number of carbonyl (C=O) groups excluding carboxylic acids is 1. The lowest BCUT2D eigenvalue weighted by Gasteiger charge is -2.47. The van der Waals surface area contributed by atoms with Gasteiger partial charge in [0.05, 0.1) is 12.7 Å². The van der Waals surface area contributed by atoms with Crippen molar-refractivity contribution in [2.24, 2.45) is 5.41 Å². The summed E-state index contributed by atoms with van der Waals surface area (Å²) in [5.41, 5.74) is 1.60. The largest absolute Gasteiger partial charge is 0.377 e. The van der Waals surface area contributed by atoms with Gasteiger partial charge in [-0.05, 0) is 54.8 Å². The van der Waals surface area contributed by atoms with Crippen LogP contribution in [0.15, 0.2) is 48.5 Å². The van der Waals surface area contributed by atoms with Gasteiger partial charge < -0.3 is 9.64 Å². The van der Waals surface area contributed by atoms with E-state index in [1.54, 1.807) is 17.0 Å². The third-order valence-corrected chi connectivity index (χ3v) is 5.09. The van der Waals surface area contributed by atoms with Gasteiger partial charge in [0.25, 0.3) is 5.91 Å². The molecule has 1 atom stereocenters. The molecule has 0 aliphatic carbocycles. The van der Waals surface area contributed by atoms with E-state index in [0.717, 1.165) is 18.4 Å². The first kappa shape index (κ1) is 16.2. The Hall–Kier alpha value is -2.27. The minimum atomic E-state index is -0.343. The first-order valence-corrected chi connectivity index (χ1v) is 8.44. The van der Waals surface area contributed by atoms with E-state index in [1.165, 1.54) is 36.4 Å². The molecule has 0 radical (unpaired) electrons.